The van der Waals surface area contributed by atoms with Crippen molar-refractivity contribution in [1.82, 2.24) is 0 Å². The van der Waals surface area contributed by atoms with Gasteiger partial charge in [0.15, 0.2) is 0 Å². The first kappa shape index (κ1) is 155. The fraction of sp³-hybridized carbons (Fsp3) is 0.450. The van der Waals surface area contributed by atoms with Gasteiger partial charge in [-0.2, -0.15) is 0 Å². The van der Waals surface area contributed by atoms with E-state index in [2.05, 4.69) is 335 Å². The molecule has 0 fully saturated rings. The summed E-state index contributed by atoms with van der Waals surface area (Å²) in [5.41, 5.74) is 16.4. The standard InChI is InChI=1S/C37H30N2.C31H26N2.26C2H6/c1-5-17-30(18-6-1)34-25-13-15-27-36(34)38(32-21-9-3-10-22-32)29-39(33-23-11-4-12-24-33)37-28-16-14-26-35(37)31-19-7-2-8-20-31;1-5-15-26(16-6-1)30-23-13-14-24-31(30)33(29-21-11-4-12-22-29)25-32(27-17-7-2-8-18-27)28-19-9-3-10-20-28;26*1-2/h1-28H,29H2;1-24H,25H2;26*1-2H3. The molecular formula is C120H212N4. The minimum atomic E-state index is 0.627. The number of hydrogen-bond donors (Lipinski definition) is 0. The van der Waals surface area contributed by atoms with Gasteiger partial charge in [-0.05, 0) is 95.6 Å². The fourth-order valence-corrected chi connectivity index (χ4v) is 9.24. The third kappa shape index (κ3) is 72.0. The highest BCUT2D eigenvalue weighted by atomic mass is 15.3. The molecule has 0 aliphatic carbocycles. The Morgan fingerprint density at radius 3 is 0.363 bits per heavy atom. The van der Waals surface area contributed by atoms with Crippen LogP contribution in [-0.2, 0) is 0 Å². The van der Waals surface area contributed by atoms with E-state index >= 15 is 0 Å². The van der Waals surface area contributed by atoms with Crippen LogP contribution in [0.4, 0.5) is 45.5 Å². The van der Waals surface area contributed by atoms with E-state index in [1.165, 1.54) is 39.1 Å². The molecule has 0 aliphatic rings. The molecule has 11 aromatic carbocycles. The lowest BCUT2D eigenvalue weighted by atomic mass is 10.0. The summed E-state index contributed by atoms with van der Waals surface area (Å²) in [5, 5.41) is 0. The average molecular weight is 1710 g/mol. The molecule has 4 nitrogen and oxygen atoms in total. The molecule has 712 valence electrons. The lowest BCUT2D eigenvalue weighted by Gasteiger charge is -2.36. The largest absolute Gasteiger partial charge is 0.323 e. The molecule has 0 bridgehead atoms. The molecule has 124 heavy (non-hydrogen) atoms. The predicted molar refractivity (Wildman–Crippen MR) is 601 cm³/mol. The van der Waals surface area contributed by atoms with E-state index in [0.29, 0.717) is 13.3 Å². The van der Waals surface area contributed by atoms with Gasteiger partial charge in [-0.3, -0.25) is 0 Å². The maximum atomic E-state index is 2.41. The van der Waals surface area contributed by atoms with Crippen molar-refractivity contribution in [3.8, 4) is 33.4 Å². The first-order valence-corrected chi connectivity index (χ1v) is 50.6. The van der Waals surface area contributed by atoms with E-state index < -0.39 is 0 Å². The maximum Gasteiger partial charge on any atom is 0.1000 e. The molecule has 0 unspecified atom stereocenters. The van der Waals surface area contributed by atoms with Gasteiger partial charge >= 0.3 is 0 Å². The highest BCUT2D eigenvalue weighted by Crippen LogP contribution is 2.41. The molecule has 0 spiro atoms. The van der Waals surface area contributed by atoms with E-state index in [9.17, 15) is 0 Å². The molecule has 0 saturated heterocycles. The minimum Gasteiger partial charge on any atom is -0.323 e. The molecule has 0 amide bonds. The second kappa shape index (κ2) is 148. The summed E-state index contributed by atoms with van der Waals surface area (Å²) in [6.07, 6.45) is 0. The van der Waals surface area contributed by atoms with Crippen molar-refractivity contribution in [2.45, 2.75) is 360 Å². The summed E-state index contributed by atoms with van der Waals surface area (Å²) in [6, 6.07) is 111. The summed E-state index contributed by atoms with van der Waals surface area (Å²) < 4.78 is 0. The molecule has 11 aromatic rings. The smallest absolute Gasteiger partial charge is 0.1000 e. The Morgan fingerprint density at radius 2 is 0.218 bits per heavy atom. The Hall–Kier alpha value is -9.38. The Morgan fingerprint density at radius 1 is 0.113 bits per heavy atom. The molecule has 0 N–H and O–H groups in total. The van der Waals surface area contributed by atoms with Crippen LogP contribution in [0.1, 0.15) is 360 Å². The summed E-state index contributed by atoms with van der Waals surface area (Å²) in [5.74, 6) is 0. The van der Waals surface area contributed by atoms with Crippen LogP contribution in [0.2, 0.25) is 0 Å². The van der Waals surface area contributed by atoms with Crippen molar-refractivity contribution in [1.29, 1.82) is 0 Å². The lowest BCUT2D eigenvalue weighted by Crippen LogP contribution is -2.33. The van der Waals surface area contributed by atoms with Crippen LogP contribution in [0, 0.1) is 0 Å². The first-order chi connectivity index (χ1) is 61.8. The van der Waals surface area contributed by atoms with Crippen molar-refractivity contribution in [2.75, 3.05) is 32.9 Å². The van der Waals surface area contributed by atoms with Crippen molar-refractivity contribution in [3.05, 3.63) is 315 Å². The zero-order chi connectivity index (χ0) is 101. The lowest BCUT2D eigenvalue weighted by molar-refractivity contribution is 0.926. The molecule has 0 heterocycles. The van der Waals surface area contributed by atoms with Crippen LogP contribution in [-0.4, -0.2) is 13.3 Å². The Balaban J connectivity index is -0.0000000811. The van der Waals surface area contributed by atoms with Gasteiger partial charge in [0.2, 0.25) is 0 Å². The quantitative estimate of drug-likeness (QED) is 0.0949. The number of anilines is 8. The Kier molecular flexibility index (Phi) is 186. The van der Waals surface area contributed by atoms with E-state index in [4.69, 9.17) is 0 Å². The monoisotopic (exact) mass is 1710 g/mol. The van der Waals surface area contributed by atoms with Crippen molar-refractivity contribution in [2.24, 2.45) is 0 Å². The highest BCUT2D eigenvalue weighted by molar-refractivity contribution is 5.87. The van der Waals surface area contributed by atoms with E-state index in [-0.39, 0.29) is 0 Å². The van der Waals surface area contributed by atoms with Crippen LogP contribution < -0.4 is 19.6 Å². The Labute approximate surface area is 782 Å². The third-order valence-corrected chi connectivity index (χ3v) is 12.7. The minimum absolute atomic E-state index is 0.627. The molecule has 0 aliphatic heterocycles. The van der Waals surface area contributed by atoms with Crippen molar-refractivity contribution < 1.29 is 0 Å². The van der Waals surface area contributed by atoms with Gasteiger partial charge in [0.25, 0.3) is 0 Å². The fourth-order valence-electron chi connectivity index (χ4n) is 9.24. The van der Waals surface area contributed by atoms with Gasteiger partial charge in [-0.1, -0.05) is 597 Å². The van der Waals surface area contributed by atoms with Gasteiger partial charge in [-0.25, -0.2) is 0 Å². The Bertz CT molecular complexity index is 3180. The SMILES string of the molecule is CC.CC.CC.CC.CC.CC.CC.CC.CC.CC.CC.CC.CC.CC.CC.CC.CC.CC.CC.CC.CC.CC.CC.CC.CC.CC.c1ccc(-c2ccccc2N(CN(c2ccccc2)c2ccccc2)c2ccccc2)cc1.c1ccc(-c2ccccc2N(CN(c2ccccc2)c2ccccc2-c2ccccc2)c2ccccc2)cc1. The van der Waals surface area contributed by atoms with Gasteiger partial charge < -0.3 is 19.6 Å². The topological polar surface area (TPSA) is 13.0 Å². The first-order valence-electron chi connectivity index (χ1n) is 50.6. The van der Waals surface area contributed by atoms with Crippen LogP contribution in [0.25, 0.3) is 33.4 Å². The molecule has 0 atom stereocenters. The van der Waals surface area contributed by atoms with Gasteiger partial charge in [0.05, 0.1) is 30.4 Å². The van der Waals surface area contributed by atoms with Crippen LogP contribution in [0.3, 0.4) is 0 Å². The highest BCUT2D eigenvalue weighted by Gasteiger charge is 2.23. The molecule has 0 radical (unpaired) electrons. The molecule has 4 heteroatoms. The predicted octanol–water partition coefficient (Wildman–Crippen LogP) is 44.9. The van der Waals surface area contributed by atoms with Crippen LogP contribution in [0.5, 0.6) is 0 Å². The number of nitrogens with zero attached hydrogens (tertiary/aromatic N) is 4. The average Bonchev–Trinajstić information content (AvgIpc) is 0.781. The van der Waals surface area contributed by atoms with Gasteiger partial charge in [0, 0.05) is 45.1 Å². The summed E-state index contributed by atoms with van der Waals surface area (Å²) in [7, 11) is 0. The van der Waals surface area contributed by atoms with Crippen LogP contribution in [0.15, 0.2) is 315 Å². The second-order valence-corrected chi connectivity index (χ2v) is 17.3. The van der Waals surface area contributed by atoms with E-state index in [1.807, 2.05) is 360 Å². The van der Waals surface area contributed by atoms with Crippen LogP contribution >= 0.6 is 0 Å². The molecule has 11 rings (SSSR count). The van der Waals surface area contributed by atoms with Gasteiger partial charge in [-0.15, -0.1) is 0 Å². The van der Waals surface area contributed by atoms with Gasteiger partial charge in [0.1, 0.15) is 0 Å². The number of rotatable bonds is 15. The summed E-state index contributed by atoms with van der Waals surface area (Å²) in [6.45, 7) is 105. The number of benzene rings is 11. The molecule has 0 aromatic heterocycles. The maximum absolute atomic E-state index is 2.41. The second-order valence-electron chi connectivity index (χ2n) is 17.3. The zero-order valence-electron chi connectivity index (χ0n) is 92.2. The summed E-state index contributed by atoms with van der Waals surface area (Å²) in [4.78, 5) is 9.57. The van der Waals surface area contributed by atoms with E-state index in [1.54, 1.807) is 0 Å². The van der Waals surface area contributed by atoms with E-state index in [0.717, 1.165) is 39.8 Å². The number of hydrogen-bond acceptors (Lipinski definition) is 4. The van der Waals surface area contributed by atoms with Crippen molar-refractivity contribution in [3.63, 3.8) is 0 Å². The van der Waals surface area contributed by atoms with Crippen molar-refractivity contribution >= 4 is 45.5 Å². The molecule has 0 saturated carbocycles. The molecular weight excluding hydrogens is 1500 g/mol. The summed E-state index contributed by atoms with van der Waals surface area (Å²) >= 11 is 0. The normalized spacial score (nSPS) is 7.42. The number of para-hydroxylation sites is 8. The zero-order valence-corrected chi connectivity index (χ0v) is 92.2. The third-order valence-electron chi connectivity index (χ3n) is 12.7.